The van der Waals surface area contributed by atoms with Crippen LogP contribution >= 0.6 is 11.3 Å². The van der Waals surface area contributed by atoms with Crippen molar-refractivity contribution >= 4 is 11.3 Å². The molecule has 1 nitrogen and oxygen atoms in total. The maximum atomic E-state index is 13.5. The number of rotatable bonds is 2. The molecule has 0 fully saturated rings. The fourth-order valence-corrected chi connectivity index (χ4v) is 2.99. The molecule has 1 heterocycles. The Hall–Kier alpha value is -1.40. The summed E-state index contributed by atoms with van der Waals surface area (Å²) in [7, 11) is 0. The van der Waals surface area contributed by atoms with Crippen molar-refractivity contribution in [3.63, 3.8) is 0 Å². The van der Waals surface area contributed by atoms with Crippen LogP contribution < -0.4 is 0 Å². The van der Waals surface area contributed by atoms with E-state index < -0.39 is 23.7 Å². The van der Waals surface area contributed by atoms with E-state index in [4.69, 9.17) is 0 Å². The molecule has 1 N–H and O–H groups in total. The highest BCUT2D eigenvalue weighted by Crippen LogP contribution is 2.35. The molecule has 6 heteroatoms. The SMILES string of the molecule is Cc1cc(C(O)c2ccc(C(F)(F)F)c(F)c2)c(C)s1. The van der Waals surface area contributed by atoms with Crippen molar-refractivity contribution in [2.45, 2.75) is 26.1 Å². The largest absolute Gasteiger partial charge is 0.419 e. The Balaban J connectivity index is 2.39. The number of alkyl halides is 3. The van der Waals surface area contributed by atoms with Crippen molar-refractivity contribution in [3.05, 3.63) is 56.5 Å². The number of hydrogen-bond donors (Lipinski definition) is 1. The van der Waals surface area contributed by atoms with Gasteiger partial charge in [0, 0.05) is 9.75 Å². The first-order valence-electron chi connectivity index (χ1n) is 5.82. The van der Waals surface area contributed by atoms with Gasteiger partial charge in [0.25, 0.3) is 0 Å². The van der Waals surface area contributed by atoms with Gasteiger partial charge < -0.3 is 5.11 Å². The third kappa shape index (κ3) is 2.86. The molecule has 0 saturated carbocycles. The predicted octanol–water partition coefficient (Wildman–Crippen LogP) is 4.60. The van der Waals surface area contributed by atoms with Crippen molar-refractivity contribution in [2.24, 2.45) is 0 Å². The van der Waals surface area contributed by atoms with Gasteiger partial charge in [-0.15, -0.1) is 11.3 Å². The second-order valence-corrected chi connectivity index (χ2v) is 5.97. The van der Waals surface area contributed by atoms with Crippen LogP contribution in [-0.4, -0.2) is 5.11 Å². The Kier molecular flexibility index (Phi) is 3.88. The van der Waals surface area contributed by atoms with Crippen LogP contribution in [0.3, 0.4) is 0 Å². The monoisotopic (exact) mass is 304 g/mol. The molecule has 0 amide bonds. The molecular formula is C14H12F4OS. The molecule has 2 rings (SSSR count). The lowest BCUT2D eigenvalue weighted by Crippen LogP contribution is -2.09. The Labute approximate surface area is 117 Å². The summed E-state index contributed by atoms with van der Waals surface area (Å²) in [6, 6.07) is 4.24. The summed E-state index contributed by atoms with van der Waals surface area (Å²) in [5, 5.41) is 10.2. The van der Waals surface area contributed by atoms with Crippen LogP contribution in [0.2, 0.25) is 0 Å². The molecule has 1 aromatic carbocycles. The van der Waals surface area contributed by atoms with E-state index in [1.807, 2.05) is 6.92 Å². The quantitative estimate of drug-likeness (QED) is 0.804. The van der Waals surface area contributed by atoms with Gasteiger partial charge in [-0.3, -0.25) is 0 Å². The van der Waals surface area contributed by atoms with E-state index in [0.717, 1.165) is 21.9 Å². The van der Waals surface area contributed by atoms with Gasteiger partial charge in [0.15, 0.2) is 0 Å². The number of aliphatic hydroxyl groups is 1. The Morgan fingerprint density at radius 2 is 1.80 bits per heavy atom. The summed E-state index contributed by atoms with van der Waals surface area (Å²) < 4.78 is 50.9. The van der Waals surface area contributed by atoms with Crippen LogP contribution in [-0.2, 0) is 6.18 Å². The smallest absolute Gasteiger partial charge is 0.384 e. The lowest BCUT2D eigenvalue weighted by molar-refractivity contribution is -0.140. The molecule has 1 atom stereocenters. The normalized spacial score (nSPS) is 13.6. The molecule has 108 valence electrons. The second kappa shape index (κ2) is 5.18. The van der Waals surface area contributed by atoms with Crippen molar-refractivity contribution in [3.8, 4) is 0 Å². The van der Waals surface area contributed by atoms with Gasteiger partial charge in [-0.1, -0.05) is 6.07 Å². The Morgan fingerprint density at radius 1 is 1.15 bits per heavy atom. The topological polar surface area (TPSA) is 20.2 Å². The van der Waals surface area contributed by atoms with Crippen LogP contribution in [0.1, 0.15) is 32.5 Å². The van der Waals surface area contributed by atoms with E-state index in [2.05, 4.69) is 0 Å². The summed E-state index contributed by atoms with van der Waals surface area (Å²) in [5.74, 6) is -1.38. The second-order valence-electron chi connectivity index (χ2n) is 4.51. The van der Waals surface area contributed by atoms with Gasteiger partial charge in [-0.25, -0.2) is 4.39 Å². The van der Waals surface area contributed by atoms with Gasteiger partial charge in [-0.2, -0.15) is 13.2 Å². The Bertz CT molecular complexity index is 631. The molecular weight excluding hydrogens is 292 g/mol. The highest BCUT2D eigenvalue weighted by molar-refractivity contribution is 7.12. The molecule has 0 saturated heterocycles. The summed E-state index contributed by atoms with van der Waals surface area (Å²) in [6.45, 7) is 3.66. The minimum absolute atomic E-state index is 0.108. The highest BCUT2D eigenvalue weighted by Gasteiger charge is 2.34. The minimum atomic E-state index is -4.73. The first kappa shape index (κ1) is 15.0. The van der Waals surface area contributed by atoms with Crippen LogP contribution in [0.15, 0.2) is 24.3 Å². The van der Waals surface area contributed by atoms with E-state index in [1.54, 1.807) is 13.0 Å². The number of aryl methyl sites for hydroxylation is 2. The average Bonchev–Trinajstić information content (AvgIpc) is 2.65. The Morgan fingerprint density at radius 3 is 2.25 bits per heavy atom. The van der Waals surface area contributed by atoms with E-state index in [0.29, 0.717) is 11.6 Å². The molecule has 0 bridgehead atoms. The zero-order valence-corrected chi connectivity index (χ0v) is 11.6. The van der Waals surface area contributed by atoms with Gasteiger partial charge in [0.2, 0.25) is 0 Å². The predicted molar refractivity (Wildman–Crippen MR) is 69.3 cm³/mol. The van der Waals surface area contributed by atoms with Gasteiger partial charge >= 0.3 is 6.18 Å². The molecule has 0 aliphatic carbocycles. The van der Waals surface area contributed by atoms with E-state index >= 15 is 0 Å². The van der Waals surface area contributed by atoms with Crippen LogP contribution in [0.5, 0.6) is 0 Å². The molecule has 0 aliphatic heterocycles. The minimum Gasteiger partial charge on any atom is -0.384 e. The van der Waals surface area contributed by atoms with Gasteiger partial charge in [-0.05, 0) is 43.2 Å². The van der Waals surface area contributed by atoms with Crippen molar-refractivity contribution in [1.82, 2.24) is 0 Å². The van der Waals surface area contributed by atoms with Crippen molar-refractivity contribution in [2.75, 3.05) is 0 Å². The van der Waals surface area contributed by atoms with Crippen LogP contribution in [0.25, 0.3) is 0 Å². The lowest BCUT2D eigenvalue weighted by Gasteiger charge is -2.13. The van der Waals surface area contributed by atoms with Crippen molar-refractivity contribution < 1.29 is 22.7 Å². The van der Waals surface area contributed by atoms with E-state index in [1.165, 1.54) is 11.3 Å². The number of hydrogen-bond acceptors (Lipinski definition) is 2. The lowest BCUT2D eigenvalue weighted by atomic mass is 10.0. The number of aliphatic hydroxyl groups excluding tert-OH is 1. The fourth-order valence-electron chi connectivity index (χ4n) is 2.03. The number of benzene rings is 1. The van der Waals surface area contributed by atoms with Crippen molar-refractivity contribution in [1.29, 1.82) is 0 Å². The maximum absolute atomic E-state index is 13.5. The summed E-state index contributed by atoms with van der Waals surface area (Å²) in [6.07, 6.45) is -5.86. The van der Waals surface area contributed by atoms with Crippen LogP contribution in [0, 0.1) is 19.7 Å². The first-order valence-corrected chi connectivity index (χ1v) is 6.63. The van der Waals surface area contributed by atoms with Gasteiger partial charge in [0.05, 0.1) is 5.56 Å². The molecule has 0 spiro atoms. The number of thiophene rings is 1. The molecule has 0 radical (unpaired) electrons. The zero-order valence-electron chi connectivity index (χ0n) is 10.8. The summed E-state index contributed by atoms with van der Waals surface area (Å²) >= 11 is 1.47. The summed E-state index contributed by atoms with van der Waals surface area (Å²) in [5.41, 5.74) is -0.630. The third-order valence-corrected chi connectivity index (χ3v) is 3.97. The summed E-state index contributed by atoms with van der Waals surface area (Å²) in [4.78, 5) is 1.83. The zero-order chi connectivity index (χ0) is 15.1. The van der Waals surface area contributed by atoms with Crippen LogP contribution in [0.4, 0.5) is 17.6 Å². The molecule has 0 aliphatic rings. The molecule has 20 heavy (non-hydrogen) atoms. The van der Waals surface area contributed by atoms with Gasteiger partial charge in [0.1, 0.15) is 11.9 Å². The molecule has 1 aromatic heterocycles. The first-order chi connectivity index (χ1) is 9.20. The standard InChI is InChI=1S/C14H12F4OS/c1-7-5-10(8(2)20-7)13(19)9-3-4-11(12(15)6-9)14(16,17)18/h3-6,13,19H,1-2H3. The average molecular weight is 304 g/mol. The maximum Gasteiger partial charge on any atom is 0.419 e. The molecule has 1 unspecified atom stereocenters. The third-order valence-electron chi connectivity index (χ3n) is 2.99. The fraction of sp³-hybridized carbons (Fsp3) is 0.286. The molecule has 2 aromatic rings. The van der Waals surface area contributed by atoms with E-state index in [-0.39, 0.29) is 5.56 Å². The number of halogens is 4. The van der Waals surface area contributed by atoms with E-state index in [9.17, 15) is 22.7 Å². The highest BCUT2D eigenvalue weighted by atomic mass is 32.1.